The van der Waals surface area contributed by atoms with Crippen molar-refractivity contribution < 1.29 is 5.11 Å². The molecule has 0 aliphatic heterocycles. The molecule has 0 saturated heterocycles. The second-order valence-electron chi connectivity index (χ2n) is 3.83. The third kappa shape index (κ3) is 3.05. The molecule has 0 atom stereocenters. The molecule has 0 aliphatic rings. The molecule has 0 spiro atoms. The van der Waals surface area contributed by atoms with Gasteiger partial charge in [0.2, 0.25) is 0 Å². The van der Waals surface area contributed by atoms with E-state index in [2.05, 4.69) is 5.10 Å². The summed E-state index contributed by atoms with van der Waals surface area (Å²) in [6.45, 7) is 3.65. The van der Waals surface area contributed by atoms with E-state index in [-0.39, 0.29) is 0 Å². The minimum atomic E-state index is -0.574. The van der Waals surface area contributed by atoms with Crippen LogP contribution in [-0.2, 0) is 13.5 Å². The van der Waals surface area contributed by atoms with E-state index in [1.807, 2.05) is 33.3 Å². The molecule has 0 fully saturated rings. The Morgan fingerprint density at radius 3 is 2.67 bits per heavy atom. The van der Waals surface area contributed by atoms with Gasteiger partial charge in [-0.25, -0.2) is 0 Å². The highest BCUT2D eigenvalue weighted by molar-refractivity contribution is 5.04. The van der Waals surface area contributed by atoms with Gasteiger partial charge in [0.25, 0.3) is 0 Å². The van der Waals surface area contributed by atoms with Gasteiger partial charge in [0.15, 0.2) is 0 Å². The fraction of sp³-hybridized carbons (Fsp3) is 0.667. The smallest absolute Gasteiger partial charge is 0.0595 e. The molecule has 3 nitrogen and oxygen atoms in total. The van der Waals surface area contributed by atoms with Crippen molar-refractivity contribution in [3.8, 4) is 0 Å². The van der Waals surface area contributed by atoms with Crippen LogP contribution in [0.15, 0.2) is 12.4 Å². The van der Waals surface area contributed by atoms with Gasteiger partial charge in [-0.15, -0.1) is 0 Å². The minimum Gasteiger partial charge on any atom is -0.390 e. The van der Waals surface area contributed by atoms with Crippen LogP contribution in [0.2, 0.25) is 0 Å². The molecule has 0 bridgehead atoms. The lowest BCUT2D eigenvalue weighted by molar-refractivity contribution is 0.0714. The molecule has 0 amide bonds. The monoisotopic (exact) mass is 168 g/mol. The Morgan fingerprint density at radius 1 is 1.58 bits per heavy atom. The number of rotatable bonds is 3. The van der Waals surface area contributed by atoms with E-state index in [9.17, 15) is 5.11 Å². The Balaban J connectivity index is 2.44. The molecule has 1 rings (SSSR count). The van der Waals surface area contributed by atoms with Crippen molar-refractivity contribution in [3.63, 3.8) is 0 Å². The number of aromatic nitrogens is 2. The molecule has 68 valence electrons. The number of aliphatic hydroxyl groups is 1. The van der Waals surface area contributed by atoms with Gasteiger partial charge in [0.05, 0.1) is 11.8 Å². The summed E-state index contributed by atoms with van der Waals surface area (Å²) in [7, 11) is 1.90. The summed E-state index contributed by atoms with van der Waals surface area (Å²) in [6, 6.07) is 0. The van der Waals surface area contributed by atoms with Crippen molar-refractivity contribution in [1.29, 1.82) is 0 Å². The lowest BCUT2D eigenvalue weighted by Crippen LogP contribution is -2.18. The first-order chi connectivity index (χ1) is 5.47. The molecule has 1 heterocycles. The van der Waals surface area contributed by atoms with Crippen LogP contribution in [0.5, 0.6) is 0 Å². The van der Waals surface area contributed by atoms with Gasteiger partial charge in [-0.05, 0) is 32.3 Å². The van der Waals surface area contributed by atoms with E-state index in [1.165, 1.54) is 5.56 Å². The van der Waals surface area contributed by atoms with E-state index in [0.29, 0.717) is 0 Å². The molecule has 0 aromatic carbocycles. The Labute approximate surface area is 73.0 Å². The molecule has 1 N–H and O–H groups in total. The normalized spacial score (nSPS) is 12.0. The summed E-state index contributed by atoms with van der Waals surface area (Å²) in [5, 5.41) is 13.5. The largest absolute Gasteiger partial charge is 0.390 e. The Hall–Kier alpha value is -0.830. The average Bonchev–Trinajstić information content (AvgIpc) is 2.30. The molecule has 1 aromatic heterocycles. The van der Waals surface area contributed by atoms with Crippen LogP contribution in [0.25, 0.3) is 0 Å². The highest BCUT2D eigenvalue weighted by Crippen LogP contribution is 2.11. The standard InChI is InChI=1S/C9H16N2O/c1-9(2,12)5-4-8-6-10-11(3)7-8/h6-7,12H,4-5H2,1-3H3. The lowest BCUT2D eigenvalue weighted by atomic mass is 10.0. The van der Waals surface area contributed by atoms with E-state index >= 15 is 0 Å². The van der Waals surface area contributed by atoms with Crippen molar-refractivity contribution in [3.05, 3.63) is 18.0 Å². The number of hydrogen-bond donors (Lipinski definition) is 1. The van der Waals surface area contributed by atoms with Gasteiger partial charge in [0, 0.05) is 13.2 Å². The summed E-state index contributed by atoms with van der Waals surface area (Å²) < 4.78 is 1.78. The molecule has 0 saturated carbocycles. The Kier molecular flexibility index (Phi) is 2.52. The Morgan fingerprint density at radius 2 is 2.25 bits per heavy atom. The van der Waals surface area contributed by atoms with Crippen LogP contribution < -0.4 is 0 Å². The van der Waals surface area contributed by atoms with E-state index in [4.69, 9.17) is 0 Å². The number of hydrogen-bond acceptors (Lipinski definition) is 2. The van der Waals surface area contributed by atoms with Crippen LogP contribution in [-0.4, -0.2) is 20.5 Å². The molecule has 0 radical (unpaired) electrons. The first kappa shape index (κ1) is 9.26. The second kappa shape index (κ2) is 3.27. The molecular weight excluding hydrogens is 152 g/mol. The van der Waals surface area contributed by atoms with Gasteiger partial charge in [-0.3, -0.25) is 4.68 Å². The predicted molar refractivity (Wildman–Crippen MR) is 47.8 cm³/mol. The molecule has 12 heavy (non-hydrogen) atoms. The van der Waals surface area contributed by atoms with Crippen molar-refractivity contribution in [1.82, 2.24) is 9.78 Å². The van der Waals surface area contributed by atoms with Crippen LogP contribution >= 0.6 is 0 Å². The average molecular weight is 168 g/mol. The molecular formula is C9H16N2O. The topological polar surface area (TPSA) is 38.0 Å². The van der Waals surface area contributed by atoms with Gasteiger partial charge in [-0.1, -0.05) is 0 Å². The fourth-order valence-electron chi connectivity index (χ4n) is 1.05. The van der Waals surface area contributed by atoms with E-state index in [0.717, 1.165) is 12.8 Å². The lowest BCUT2D eigenvalue weighted by Gasteiger charge is -2.15. The van der Waals surface area contributed by atoms with Crippen LogP contribution in [0.3, 0.4) is 0 Å². The third-order valence-corrected chi connectivity index (χ3v) is 1.78. The van der Waals surface area contributed by atoms with Gasteiger partial charge in [0.1, 0.15) is 0 Å². The van der Waals surface area contributed by atoms with Crippen LogP contribution in [0.4, 0.5) is 0 Å². The first-order valence-electron chi connectivity index (χ1n) is 4.17. The zero-order chi connectivity index (χ0) is 9.19. The molecule has 0 aliphatic carbocycles. The SMILES string of the molecule is Cn1cc(CCC(C)(C)O)cn1. The molecule has 1 aromatic rings. The Bertz CT molecular complexity index is 247. The summed E-state index contributed by atoms with van der Waals surface area (Å²) >= 11 is 0. The maximum absolute atomic E-state index is 9.46. The highest BCUT2D eigenvalue weighted by Gasteiger charge is 2.12. The number of aryl methyl sites for hydroxylation is 2. The van der Waals surface area contributed by atoms with Gasteiger partial charge >= 0.3 is 0 Å². The highest BCUT2D eigenvalue weighted by atomic mass is 16.3. The first-order valence-corrected chi connectivity index (χ1v) is 4.17. The quantitative estimate of drug-likeness (QED) is 0.734. The molecule has 0 unspecified atom stereocenters. The van der Waals surface area contributed by atoms with Crippen molar-refractivity contribution in [2.75, 3.05) is 0 Å². The van der Waals surface area contributed by atoms with Crippen molar-refractivity contribution in [2.45, 2.75) is 32.3 Å². The predicted octanol–water partition coefficient (Wildman–Crippen LogP) is 1.12. The zero-order valence-corrected chi connectivity index (χ0v) is 7.91. The number of nitrogens with zero attached hydrogens (tertiary/aromatic N) is 2. The van der Waals surface area contributed by atoms with E-state index in [1.54, 1.807) is 4.68 Å². The summed E-state index contributed by atoms with van der Waals surface area (Å²) in [5.74, 6) is 0. The zero-order valence-electron chi connectivity index (χ0n) is 7.91. The maximum Gasteiger partial charge on any atom is 0.0595 e. The molecule has 3 heteroatoms. The summed E-state index contributed by atoms with van der Waals surface area (Å²) in [5.41, 5.74) is 0.607. The summed E-state index contributed by atoms with van der Waals surface area (Å²) in [4.78, 5) is 0. The van der Waals surface area contributed by atoms with E-state index < -0.39 is 5.60 Å². The second-order valence-corrected chi connectivity index (χ2v) is 3.83. The summed E-state index contributed by atoms with van der Waals surface area (Å²) in [6.07, 6.45) is 5.48. The third-order valence-electron chi connectivity index (χ3n) is 1.78. The fourth-order valence-corrected chi connectivity index (χ4v) is 1.05. The maximum atomic E-state index is 9.46. The van der Waals surface area contributed by atoms with Gasteiger partial charge < -0.3 is 5.11 Å². The van der Waals surface area contributed by atoms with Crippen LogP contribution in [0.1, 0.15) is 25.8 Å². The van der Waals surface area contributed by atoms with Crippen molar-refractivity contribution in [2.24, 2.45) is 7.05 Å². The van der Waals surface area contributed by atoms with Crippen molar-refractivity contribution >= 4 is 0 Å². The van der Waals surface area contributed by atoms with Crippen LogP contribution in [0, 0.1) is 0 Å². The van der Waals surface area contributed by atoms with Gasteiger partial charge in [-0.2, -0.15) is 5.10 Å². The minimum absolute atomic E-state index is 0.574.